The first kappa shape index (κ1) is 54.1. The zero-order chi connectivity index (χ0) is 51.4. The lowest BCUT2D eigenvalue weighted by molar-refractivity contribution is -0.145. The van der Waals surface area contributed by atoms with Gasteiger partial charge < -0.3 is 55.3 Å². The molecule has 6 rings (SSSR count). The third-order valence-electron chi connectivity index (χ3n) is 11.3. The number of imide groups is 1. The van der Waals surface area contributed by atoms with Gasteiger partial charge >= 0.3 is 18.0 Å². The lowest BCUT2D eigenvalue weighted by Gasteiger charge is -2.28. The summed E-state index contributed by atoms with van der Waals surface area (Å²) in [6.45, 7) is 3.40. The molecule has 0 bridgehead atoms. The number of aliphatic carboxylic acids is 2. The van der Waals surface area contributed by atoms with Crippen molar-refractivity contribution in [2.45, 2.75) is 63.0 Å². The van der Waals surface area contributed by atoms with Crippen molar-refractivity contribution >= 4 is 71.5 Å². The van der Waals surface area contributed by atoms with Crippen LogP contribution in [0.1, 0.15) is 43.2 Å². The van der Waals surface area contributed by atoms with Gasteiger partial charge in [0.05, 0.1) is 89.0 Å². The number of hydrogen-bond donors (Lipinski definition) is 7. The number of para-hydroxylation sites is 1. The summed E-state index contributed by atoms with van der Waals surface area (Å²) in [7, 11) is 0. The lowest BCUT2D eigenvalue weighted by Crippen LogP contribution is -2.44. The minimum atomic E-state index is -1.59. The maximum Gasteiger partial charge on any atom is 0.326 e. The van der Waals surface area contributed by atoms with Crippen molar-refractivity contribution in [2.75, 3.05) is 76.2 Å². The van der Waals surface area contributed by atoms with Gasteiger partial charge in [-0.1, -0.05) is 59.8 Å². The molecule has 2 aliphatic heterocycles. The van der Waals surface area contributed by atoms with Crippen molar-refractivity contribution in [3.05, 3.63) is 83.9 Å². The van der Waals surface area contributed by atoms with Crippen molar-refractivity contribution in [1.82, 2.24) is 35.8 Å². The number of amides is 7. The summed E-state index contributed by atoms with van der Waals surface area (Å²) in [6, 6.07) is 19.2. The number of urea groups is 1. The van der Waals surface area contributed by atoms with Crippen LogP contribution in [-0.4, -0.2) is 155 Å². The van der Waals surface area contributed by atoms with E-state index in [1.807, 2.05) is 48.5 Å². The molecular formula is C48H57N9O14S. The van der Waals surface area contributed by atoms with E-state index < -0.39 is 41.6 Å². The summed E-state index contributed by atoms with van der Waals surface area (Å²) >= 11 is 4.11. The van der Waals surface area contributed by atoms with Crippen molar-refractivity contribution in [3.63, 3.8) is 0 Å². The fraction of sp³-hybridized carbons (Fsp3) is 0.417. The van der Waals surface area contributed by atoms with E-state index in [2.05, 4.69) is 44.2 Å². The van der Waals surface area contributed by atoms with Gasteiger partial charge in [0, 0.05) is 62.1 Å². The molecule has 1 aromatic heterocycles. The number of carbonyl (C=O) groups excluding carboxylic acids is 6. The van der Waals surface area contributed by atoms with Crippen LogP contribution in [0.25, 0.3) is 22.5 Å². The number of benzene rings is 3. The molecule has 1 unspecified atom stereocenters. The fourth-order valence-electron chi connectivity index (χ4n) is 7.61. The molecule has 2 aliphatic rings. The molecule has 1 saturated heterocycles. The molecular weight excluding hydrogens is 959 g/mol. The number of nitrogens with zero attached hydrogens (tertiary/aromatic N) is 5. The highest BCUT2D eigenvalue weighted by molar-refractivity contribution is 7.81. The van der Waals surface area contributed by atoms with E-state index in [1.165, 1.54) is 0 Å². The van der Waals surface area contributed by atoms with Crippen molar-refractivity contribution in [2.24, 2.45) is 0 Å². The number of hydrogen-bond acceptors (Lipinski definition) is 15. The van der Waals surface area contributed by atoms with Gasteiger partial charge in [-0.05, 0) is 29.3 Å². The van der Waals surface area contributed by atoms with Crippen molar-refractivity contribution in [3.8, 4) is 22.5 Å². The number of aromatic nitrogens is 3. The van der Waals surface area contributed by atoms with Crippen LogP contribution < -0.4 is 26.2 Å². The predicted octanol–water partition coefficient (Wildman–Crippen LogP) is 2.23. The normalized spacial score (nSPS) is 14.3. The smallest absolute Gasteiger partial charge is 0.326 e. The lowest BCUT2D eigenvalue weighted by atomic mass is 9.95. The Morgan fingerprint density at radius 2 is 1.38 bits per heavy atom. The Morgan fingerprint density at radius 1 is 0.736 bits per heavy atom. The van der Waals surface area contributed by atoms with Crippen LogP contribution in [0.5, 0.6) is 0 Å². The maximum absolute atomic E-state index is 13.9. The summed E-state index contributed by atoms with van der Waals surface area (Å²) in [5.41, 5.74) is 5.59. The van der Waals surface area contributed by atoms with Crippen LogP contribution in [0.2, 0.25) is 0 Å². The Balaban J connectivity index is 0.835. The van der Waals surface area contributed by atoms with E-state index in [-0.39, 0.29) is 88.7 Å². The minimum absolute atomic E-state index is 0.00841. The predicted molar refractivity (Wildman–Crippen MR) is 260 cm³/mol. The first-order valence-electron chi connectivity index (χ1n) is 23.2. The summed E-state index contributed by atoms with van der Waals surface area (Å²) in [6.07, 6.45) is -0.693. The minimum Gasteiger partial charge on any atom is -0.481 e. The molecule has 6 N–H and O–H groups in total. The molecule has 3 aromatic carbocycles. The van der Waals surface area contributed by atoms with Gasteiger partial charge in [0.1, 0.15) is 11.7 Å². The van der Waals surface area contributed by atoms with Crippen LogP contribution in [-0.2, 0) is 72.1 Å². The number of carboxylic acids is 2. The monoisotopic (exact) mass is 1020 g/mol. The van der Waals surface area contributed by atoms with Crippen LogP contribution >= 0.6 is 12.6 Å². The van der Waals surface area contributed by atoms with Gasteiger partial charge in [-0.15, -0.1) is 5.10 Å². The molecule has 3 heterocycles. The van der Waals surface area contributed by atoms with Gasteiger partial charge in [0.15, 0.2) is 0 Å². The van der Waals surface area contributed by atoms with Crippen LogP contribution in [0.15, 0.2) is 72.8 Å². The highest BCUT2D eigenvalue weighted by Gasteiger charge is 2.36. The SMILES string of the molecule is O=C(O)C[C@H](NC(=O)Nc1ccc(CNC(=O)CCOCCOCCOCCOCCn2nnc3c2-c2ccccc2CN(C(=O)CCNC(=O)CCN2C(=O)CC(S)C2=O)c2ccccc2-3)cc1)C(=O)O. The summed E-state index contributed by atoms with van der Waals surface area (Å²) in [4.78, 5) is 99.7. The quantitative estimate of drug-likeness (QED) is 0.0244. The molecule has 24 heteroatoms. The zero-order valence-electron chi connectivity index (χ0n) is 39.3. The number of likely N-dealkylation sites (tertiary alicyclic amines) is 1. The first-order valence-corrected chi connectivity index (χ1v) is 23.7. The second kappa shape index (κ2) is 27.4. The van der Waals surface area contributed by atoms with E-state index in [1.54, 1.807) is 33.8 Å². The van der Waals surface area contributed by atoms with Gasteiger partial charge in [-0.25, -0.2) is 14.3 Å². The molecule has 7 amide bonds. The molecule has 4 aromatic rings. The second-order valence-corrected chi connectivity index (χ2v) is 17.0. The highest BCUT2D eigenvalue weighted by Crippen LogP contribution is 2.41. The number of rotatable bonds is 28. The van der Waals surface area contributed by atoms with Crippen LogP contribution in [0.4, 0.5) is 16.2 Å². The standard InChI is InChI=1S/C48H57N9O14S/c58-39(14-17-55-42(61)28-38(72)46(55)64)49-16-13-41(60)56-30-32-5-1-2-6-34(32)45-44(35-7-3-4-8-37(35)56)53-54-57(45)18-20-69-22-24-71-26-25-70-23-21-68-19-15-40(59)50-29-31-9-11-33(12-10-31)51-48(67)52-36(47(65)66)27-43(62)63/h1-12,36,38,72H,13-30H2,(H,49,58)(H,50,59)(H,62,63)(H,65,66)(H2,51,52,67)/t36-,38?/m0/s1. The molecule has 23 nitrogen and oxygen atoms in total. The van der Waals surface area contributed by atoms with E-state index in [4.69, 9.17) is 29.2 Å². The number of nitrogens with one attached hydrogen (secondary N) is 4. The Labute approximate surface area is 419 Å². The average Bonchev–Trinajstić information content (AvgIpc) is 3.88. The molecule has 0 aliphatic carbocycles. The average molecular weight is 1020 g/mol. The summed E-state index contributed by atoms with van der Waals surface area (Å²) < 4.78 is 24.4. The third kappa shape index (κ3) is 15.9. The highest BCUT2D eigenvalue weighted by atomic mass is 32.1. The van der Waals surface area contributed by atoms with Gasteiger partial charge in [-0.3, -0.25) is 33.7 Å². The van der Waals surface area contributed by atoms with Crippen LogP contribution in [0, 0.1) is 0 Å². The Kier molecular flexibility index (Phi) is 20.6. The molecule has 0 radical (unpaired) electrons. The van der Waals surface area contributed by atoms with Gasteiger partial charge in [-0.2, -0.15) is 12.6 Å². The van der Waals surface area contributed by atoms with Crippen molar-refractivity contribution in [1.29, 1.82) is 0 Å². The molecule has 1 fully saturated rings. The molecule has 0 saturated carbocycles. The number of fused-ring (bicyclic) bond motifs is 5. The van der Waals surface area contributed by atoms with Gasteiger partial charge in [0.25, 0.3) is 0 Å². The number of ether oxygens (including phenoxy) is 4. The molecule has 384 valence electrons. The molecule has 2 atom stereocenters. The first-order chi connectivity index (χ1) is 34.8. The topological polar surface area (TPSA) is 299 Å². The van der Waals surface area contributed by atoms with Crippen LogP contribution in [0.3, 0.4) is 0 Å². The number of carboxylic acid groups (broad SMARTS) is 2. The molecule has 0 spiro atoms. The second-order valence-electron chi connectivity index (χ2n) is 16.4. The third-order valence-corrected chi connectivity index (χ3v) is 11.7. The van der Waals surface area contributed by atoms with E-state index in [9.17, 15) is 38.4 Å². The zero-order valence-corrected chi connectivity index (χ0v) is 40.2. The Hall–Kier alpha value is -7.25. The Morgan fingerprint density at radius 3 is 2.04 bits per heavy atom. The number of thiol groups is 1. The largest absolute Gasteiger partial charge is 0.481 e. The van der Waals surface area contributed by atoms with Crippen molar-refractivity contribution < 1.29 is 67.5 Å². The summed E-state index contributed by atoms with van der Waals surface area (Å²) in [5, 5.41) is 36.3. The fourth-order valence-corrected chi connectivity index (χ4v) is 7.91. The van der Waals surface area contributed by atoms with E-state index in [0.717, 1.165) is 32.8 Å². The maximum atomic E-state index is 13.9. The van der Waals surface area contributed by atoms with Gasteiger partial charge in [0.2, 0.25) is 29.5 Å². The van der Waals surface area contributed by atoms with E-state index in [0.29, 0.717) is 63.3 Å². The van der Waals surface area contributed by atoms with E-state index >= 15 is 0 Å². The Bertz CT molecular complexity index is 2560. The summed E-state index contributed by atoms with van der Waals surface area (Å²) in [5.74, 6) is -4.43. The number of anilines is 2. The molecule has 72 heavy (non-hydrogen) atoms. The number of carbonyl (C=O) groups is 8.